The first-order chi connectivity index (χ1) is 14.3. The summed E-state index contributed by atoms with van der Waals surface area (Å²) in [4.78, 5) is 25.8. The Morgan fingerprint density at radius 1 is 1.00 bits per heavy atom. The number of ether oxygens (including phenoxy) is 1. The second kappa shape index (κ2) is 9.31. The molecule has 0 saturated heterocycles. The number of likely N-dealkylation sites (N-methyl/N-ethyl adjacent to an activating group) is 1. The van der Waals surface area contributed by atoms with Crippen molar-refractivity contribution in [2.75, 3.05) is 19.4 Å². The Hall–Kier alpha value is -3.54. The molecular weight excluding hydrogens is 380 g/mol. The van der Waals surface area contributed by atoms with Crippen LogP contribution in [0.4, 0.5) is 5.69 Å². The Balaban J connectivity index is 1.56. The SMILES string of the molecule is Cc1ccc(OCc2ccc(C(=O)Nc3ccc(CC(=O)N(C)C)cc3)o2)c(C)c1. The summed E-state index contributed by atoms with van der Waals surface area (Å²) in [6.45, 7) is 4.27. The van der Waals surface area contributed by atoms with Crippen molar-refractivity contribution in [1.82, 2.24) is 4.90 Å². The molecule has 3 aromatic rings. The molecule has 1 N–H and O–H groups in total. The maximum absolute atomic E-state index is 12.4. The largest absolute Gasteiger partial charge is 0.485 e. The van der Waals surface area contributed by atoms with Gasteiger partial charge in [0.2, 0.25) is 5.91 Å². The van der Waals surface area contributed by atoms with Crippen molar-refractivity contribution in [3.8, 4) is 5.75 Å². The molecule has 0 atom stereocenters. The van der Waals surface area contributed by atoms with E-state index in [0.717, 1.165) is 16.9 Å². The average molecular weight is 406 g/mol. The molecule has 6 nitrogen and oxygen atoms in total. The molecule has 0 radical (unpaired) electrons. The van der Waals surface area contributed by atoms with Gasteiger partial charge in [0.25, 0.3) is 5.91 Å². The van der Waals surface area contributed by atoms with Gasteiger partial charge < -0.3 is 19.4 Å². The zero-order chi connectivity index (χ0) is 21.7. The lowest BCUT2D eigenvalue weighted by Crippen LogP contribution is -2.23. The maximum Gasteiger partial charge on any atom is 0.291 e. The van der Waals surface area contributed by atoms with Crippen LogP contribution in [0.5, 0.6) is 5.75 Å². The third kappa shape index (κ3) is 5.50. The van der Waals surface area contributed by atoms with Gasteiger partial charge in [-0.15, -0.1) is 0 Å². The highest BCUT2D eigenvalue weighted by Gasteiger charge is 2.13. The quantitative estimate of drug-likeness (QED) is 0.633. The lowest BCUT2D eigenvalue weighted by molar-refractivity contribution is -0.127. The van der Waals surface area contributed by atoms with E-state index in [-0.39, 0.29) is 24.2 Å². The van der Waals surface area contributed by atoms with E-state index in [1.807, 2.05) is 38.1 Å². The fourth-order valence-electron chi connectivity index (χ4n) is 2.92. The van der Waals surface area contributed by atoms with Crippen molar-refractivity contribution in [2.24, 2.45) is 0 Å². The van der Waals surface area contributed by atoms with E-state index in [2.05, 4.69) is 11.4 Å². The van der Waals surface area contributed by atoms with Crippen LogP contribution in [0.15, 0.2) is 59.0 Å². The van der Waals surface area contributed by atoms with Crippen molar-refractivity contribution in [3.63, 3.8) is 0 Å². The second-order valence-electron chi connectivity index (χ2n) is 7.44. The van der Waals surface area contributed by atoms with E-state index in [1.165, 1.54) is 5.56 Å². The highest BCUT2D eigenvalue weighted by Crippen LogP contribution is 2.21. The van der Waals surface area contributed by atoms with Gasteiger partial charge in [-0.05, 0) is 55.3 Å². The van der Waals surface area contributed by atoms with Crippen LogP contribution in [-0.4, -0.2) is 30.8 Å². The van der Waals surface area contributed by atoms with Gasteiger partial charge in [0, 0.05) is 19.8 Å². The molecule has 0 unspecified atom stereocenters. The smallest absolute Gasteiger partial charge is 0.291 e. The highest BCUT2D eigenvalue weighted by atomic mass is 16.5. The minimum Gasteiger partial charge on any atom is -0.485 e. The maximum atomic E-state index is 12.4. The number of amides is 2. The molecular formula is C24H26N2O4. The molecule has 0 aliphatic rings. The standard InChI is InChI=1S/C24H26N2O4/c1-16-5-11-21(17(2)13-16)29-15-20-10-12-22(30-20)24(28)25-19-8-6-18(7-9-19)14-23(27)26(3)4/h5-13H,14-15H2,1-4H3,(H,25,28). The van der Waals surface area contributed by atoms with Crippen LogP contribution in [0.3, 0.4) is 0 Å². The third-order valence-corrected chi connectivity index (χ3v) is 4.65. The monoisotopic (exact) mass is 406 g/mol. The predicted octanol–water partition coefficient (Wildman–Crippen LogP) is 4.36. The van der Waals surface area contributed by atoms with Gasteiger partial charge in [0.15, 0.2) is 5.76 Å². The Morgan fingerprint density at radius 3 is 2.40 bits per heavy atom. The average Bonchev–Trinajstić information content (AvgIpc) is 3.18. The number of rotatable bonds is 7. The number of nitrogens with zero attached hydrogens (tertiary/aromatic N) is 1. The van der Waals surface area contributed by atoms with E-state index in [9.17, 15) is 9.59 Å². The van der Waals surface area contributed by atoms with Gasteiger partial charge in [-0.3, -0.25) is 9.59 Å². The first-order valence-electron chi connectivity index (χ1n) is 9.71. The zero-order valence-electron chi connectivity index (χ0n) is 17.7. The summed E-state index contributed by atoms with van der Waals surface area (Å²) in [5.74, 6) is 1.25. The van der Waals surface area contributed by atoms with Crippen LogP contribution in [0, 0.1) is 13.8 Å². The molecule has 0 spiro atoms. The van der Waals surface area contributed by atoms with Gasteiger partial charge in [0.1, 0.15) is 18.1 Å². The van der Waals surface area contributed by atoms with E-state index < -0.39 is 0 Å². The van der Waals surface area contributed by atoms with E-state index in [0.29, 0.717) is 17.9 Å². The summed E-state index contributed by atoms with van der Waals surface area (Å²) in [5.41, 5.74) is 3.74. The van der Waals surface area contributed by atoms with Crippen LogP contribution in [-0.2, 0) is 17.8 Å². The number of anilines is 1. The number of aryl methyl sites for hydroxylation is 2. The van der Waals surface area contributed by atoms with E-state index in [1.54, 1.807) is 43.3 Å². The predicted molar refractivity (Wildman–Crippen MR) is 116 cm³/mol. The van der Waals surface area contributed by atoms with Gasteiger partial charge in [-0.2, -0.15) is 0 Å². The van der Waals surface area contributed by atoms with Crippen LogP contribution >= 0.6 is 0 Å². The first-order valence-corrected chi connectivity index (χ1v) is 9.71. The van der Waals surface area contributed by atoms with E-state index in [4.69, 9.17) is 9.15 Å². The summed E-state index contributed by atoms with van der Waals surface area (Å²) in [6, 6.07) is 16.5. The summed E-state index contributed by atoms with van der Waals surface area (Å²) in [6.07, 6.45) is 0.323. The fourth-order valence-corrected chi connectivity index (χ4v) is 2.92. The van der Waals surface area contributed by atoms with Gasteiger partial charge in [0.05, 0.1) is 6.42 Å². The lowest BCUT2D eigenvalue weighted by Gasteiger charge is -2.10. The number of carbonyl (C=O) groups is 2. The molecule has 156 valence electrons. The van der Waals surface area contributed by atoms with Gasteiger partial charge in [-0.1, -0.05) is 29.8 Å². The molecule has 0 fully saturated rings. The summed E-state index contributed by atoms with van der Waals surface area (Å²) in [7, 11) is 3.45. The molecule has 0 aliphatic heterocycles. The molecule has 30 heavy (non-hydrogen) atoms. The molecule has 0 bridgehead atoms. The number of nitrogens with one attached hydrogen (secondary N) is 1. The molecule has 3 rings (SSSR count). The third-order valence-electron chi connectivity index (χ3n) is 4.65. The molecule has 1 heterocycles. The Bertz CT molecular complexity index is 1040. The first kappa shape index (κ1) is 21.2. The number of hydrogen-bond acceptors (Lipinski definition) is 4. The summed E-state index contributed by atoms with van der Waals surface area (Å²) < 4.78 is 11.4. The number of furan rings is 1. The topological polar surface area (TPSA) is 71.8 Å². The Labute approximate surface area is 176 Å². The van der Waals surface area contributed by atoms with Crippen molar-refractivity contribution < 1.29 is 18.7 Å². The molecule has 0 saturated carbocycles. The fraction of sp³-hybridized carbons (Fsp3) is 0.250. The number of hydrogen-bond donors (Lipinski definition) is 1. The highest BCUT2D eigenvalue weighted by molar-refractivity contribution is 6.02. The summed E-state index contributed by atoms with van der Waals surface area (Å²) >= 11 is 0. The minimum atomic E-state index is -0.343. The van der Waals surface area contributed by atoms with Crippen molar-refractivity contribution in [2.45, 2.75) is 26.9 Å². The Morgan fingerprint density at radius 2 is 1.73 bits per heavy atom. The van der Waals surface area contributed by atoms with Crippen molar-refractivity contribution in [3.05, 3.63) is 82.8 Å². The molecule has 0 aliphatic carbocycles. The van der Waals surface area contributed by atoms with Gasteiger partial charge in [-0.25, -0.2) is 0 Å². The van der Waals surface area contributed by atoms with E-state index >= 15 is 0 Å². The van der Waals surface area contributed by atoms with Gasteiger partial charge >= 0.3 is 0 Å². The van der Waals surface area contributed by atoms with Crippen LogP contribution < -0.4 is 10.1 Å². The molecule has 2 aromatic carbocycles. The second-order valence-corrected chi connectivity index (χ2v) is 7.44. The number of carbonyl (C=O) groups excluding carboxylic acids is 2. The molecule has 1 aromatic heterocycles. The summed E-state index contributed by atoms with van der Waals surface area (Å²) in [5, 5.41) is 2.80. The van der Waals surface area contributed by atoms with Crippen LogP contribution in [0.1, 0.15) is 33.0 Å². The Kier molecular flexibility index (Phi) is 6.57. The molecule has 6 heteroatoms. The molecule has 2 amide bonds. The normalized spacial score (nSPS) is 10.5. The van der Waals surface area contributed by atoms with Crippen molar-refractivity contribution in [1.29, 1.82) is 0 Å². The van der Waals surface area contributed by atoms with Crippen LogP contribution in [0.2, 0.25) is 0 Å². The number of benzene rings is 2. The lowest BCUT2D eigenvalue weighted by atomic mass is 10.1. The minimum absolute atomic E-state index is 0.0259. The van der Waals surface area contributed by atoms with Crippen LogP contribution in [0.25, 0.3) is 0 Å². The van der Waals surface area contributed by atoms with Crippen molar-refractivity contribution >= 4 is 17.5 Å². The zero-order valence-corrected chi connectivity index (χ0v) is 17.7.